The van der Waals surface area contributed by atoms with E-state index in [2.05, 4.69) is 20.9 Å². The lowest BCUT2D eigenvalue weighted by Gasteiger charge is -2.18. The summed E-state index contributed by atoms with van der Waals surface area (Å²) in [6.45, 7) is 2.20. The van der Waals surface area contributed by atoms with Gasteiger partial charge in [-0.2, -0.15) is 0 Å². The molecule has 120 valence electrons. The molecule has 0 bridgehead atoms. The van der Waals surface area contributed by atoms with Crippen LogP contribution in [0.25, 0.3) is 0 Å². The van der Waals surface area contributed by atoms with Crippen LogP contribution in [0.2, 0.25) is 0 Å². The van der Waals surface area contributed by atoms with E-state index in [0.717, 1.165) is 11.3 Å². The lowest BCUT2D eigenvalue weighted by molar-refractivity contribution is -0.115. The second-order valence-electron chi connectivity index (χ2n) is 5.12. The van der Waals surface area contributed by atoms with Gasteiger partial charge in [0.25, 0.3) is 0 Å². The van der Waals surface area contributed by atoms with Crippen LogP contribution in [0.1, 0.15) is 18.5 Å². The number of hydrogen-bond acceptors (Lipinski definition) is 2. The molecule has 2 aromatic rings. The smallest absolute Gasteiger partial charge is 0.243 e. The molecule has 0 heterocycles. The summed E-state index contributed by atoms with van der Waals surface area (Å²) >= 11 is 0. The van der Waals surface area contributed by atoms with E-state index < -0.39 is 0 Å². The molecular weight excluding hydrogens is 288 g/mol. The molecule has 1 atom stereocenters. The summed E-state index contributed by atoms with van der Waals surface area (Å²) < 4.78 is 0. The monoisotopic (exact) mass is 310 g/mol. The number of aliphatic imine (C=N–C) groups is 1. The number of carbonyl (C=O) groups is 1. The van der Waals surface area contributed by atoms with E-state index in [1.165, 1.54) is 0 Å². The Bertz CT molecular complexity index is 641. The molecule has 0 radical (unpaired) electrons. The molecule has 23 heavy (non-hydrogen) atoms. The maximum absolute atomic E-state index is 11.9. The largest absolute Gasteiger partial charge is 0.350 e. The summed E-state index contributed by atoms with van der Waals surface area (Å²) in [5.41, 5.74) is 1.93. The van der Waals surface area contributed by atoms with E-state index in [-0.39, 0.29) is 18.5 Å². The number of amides is 1. The number of rotatable bonds is 5. The summed E-state index contributed by atoms with van der Waals surface area (Å²) in [7, 11) is 1.68. The first-order valence-corrected chi connectivity index (χ1v) is 7.56. The molecular formula is C18H22N4O. The molecule has 0 aliphatic carbocycles. The lowest BCUT2D eigenvalue weighted by Crippen LogP contribution is -2.42. The minimum Gasteiger partial charge on any atom is -0.350 e. The Hall–Kier alpha value is -2.82. The third kappa shape index (κ3) is 5.47. The summed E-state index contributed by atoms with van der Waals surface area (Å²) in [5.74, 6) is 0.469. The Balaban J connectivity index is 1.82. The molecule has 0 saturated carbocycles. The Morgan fingerprint density at radius 1 is 1.04 bits per heavy atom. The van der Waals surface area contributed by atoms with Crippen molar-refractivity contribution in [2.24, 2.45) is 4.99 Å². The van der Waals surface area contributed by atoms with E-state index in [0.29, 0.717) is 5.96 Å². The van der Waals surface area contributed by atoms with Gasteiger partial charge >= 0.3 is 0 Å². The highest BCUT2D eigenvalue weighted by Gasteiger charge is 2.08. The van der Waals surface area contributed by atoms with Gasteiger partial charge < -0.3 is 16.0 Å². The van der Waals surface area contributed by atoms with Gasteiger partial charge in [0.15, 0.2) is 5.96 Å². The predicted molar refractivity (Wildman–Crippen MR) is 94.4 cm³/mol. The summed E-state index contributed by atoms with van der Waals surface area (Å²) in [6, 6.07) is 19.5. The van der Waals surface area contributed by atoms with E-state index in [4.69, 9.17) is 0 Å². The quantitative estimate of drug-likeness (QED) is 0.587. The van der Waals surface area contributed by atoms with Crippen molar-refractivity contribution in [3.8, 4) is 0 Å². The van der Waals surface area contributed by atoms with Crippen LogP contribution in [0, 0.1) is 0 Å². The summed E-state index contributed by atoms with van der Waals surface area (Å²) in [5, 5.41) is 9.10. The minimum atomic E-state index is -0.119. The van der Waals surface area contributed by atoms with Crippen molar-refractivity contribution < 1.29 is 4.79 Å². The average Bonchev–Trinajstić information content (AvgIpc) is 2.60. The minimum absolute atomic E-state index is 0.0968. The summed E-state index contributed by atoms with van der Waals surface area (Å²) in [6.07, 6.45) is 0. The molecule has 2 aromatic carbocycles. The molecule has 5 heteroatoms. The molecule has 3 N–H and O–H groups in total. The van der Waals surface area contributed by atoms with Gasteiger partial charge in [-0.15, -0.1) is 0 Å². The van der Waals surface area contributed by atoms with Gasteiger partial charge in [-0.3, -0.25) is 9.79 Å². The average molecular weight is 310 g/mol. The van der Waals surface area contributed by atoms with Crippen LogP contribution >= 0.6 is 0 Å². The maximum Gasteiger partial charge on any atom is 0.243 e. The number of hydrogen-bond donors (Lipinski definition) is 3. The molecule has 0 spiro atoms. The number of nitrogens with zero attached hydrogens (tertiary/aromatic N) is 1. The Kier molecular flexibility index (Phi) is 6.17. The van der Waals surface area contributed by atoms with Crippen LogP contribution in [-0.2, 0) is 4.79 Å². The van der Waals surface area contributed by atoms with Crippen LogP contribution in [0.4, 0.5) is 5.69 Å². The second kappa shape index (κ2) is 8.58. The van der Waals surface area contributed by atoms with E-state index >= 15 is 0 Å². The van der Waals surface area contributed by atoms with Crippen molar-refractivity contribution in [3.05, 3.63) is 66.2 Å². The third-order valence-electron chi connectivity index (χ3n) is 3.35. The molecule has 2 rings (SSSR count). The van der Waals surface area contributed by atoms with Gasteiger partial charge in [0.2, 0.25) is 5.91 Å². The van der Waals surface area contributed by atoms with Crippen LogP contribution in [-0.4, -0.2) is 25.5 Å². The van der Waals surface area contributed by atoms with E-state index in [1.54, 1.807) is 7.05 Å². The zero-order chi connectivity index (χ0) is 16.5. The van der Waals surface area contributed by atoms with Gasteiger partial charge in [0.1, 0.15) is 0 Å². The van der Waals surface area contributed by atoms with Crippen molar-refractivity contribution in [1.29, 1.82) is 0 Å². The molecule has 5 nitrogen and oxygen atoms in total. The highest BCUT2D eigenvalue weighted by Crippen LogP contribution is 2.10. The zero-order valence-electron chi connectivity index (χ0n) is 13.4. The molecule has 0 aliphatic rings. The van der Waals surface area contributed by atoms with Gasteiger partial charge in [0.05, 0.1) is 12.6 Å². The van der Waals surface area contributed by atoms with Gasteiger partial charge in [-0.1, -0.05) is 48.5 Å². The van der Waals surface area contributed by atoms with Crippen molar-refractivity contribution in [3.63, 3.8) is 0 Å². The first-order valence-electron chi connectivity index (χ1n) is 7.56. The highest BCUT2D eigenvalue weighted by molar-refractivity contribution is 5.95. The standard InChI is InChI=1S/C18H22N4O/c1-14(15-9-5-3-6-10-15)21-18(19-2)20-13-17(23)22-16-11-7-4-8-12-16/h3-12,14H,13H2,1-2H3,(H,22,23)(H2,19,20,21). The zero-order valence-corrected chi connectivity index (χ0v) is 13.4. The lowest BCUT2D eigenvalue weighted by atomic mass is 10.1. The number of para-hydroxylation sites is 1. The second-order valence-corrected chi connectivity index (χ2v) is 5.12. The van der Waals surface area contributed by atoms with Crippen LogP contribution in [0.3, 0.4) is 0 Å². The molecule has 1 amide bonds. The number of anilines is 1. The van der Waals surface area contributed by atoms with Gasteiger partial charge in [0, 0.05) is 12.7 Å². The SMILES string of the molecule is CN=C(NCC(=O)Nc1ccccc1)NC(C)c1ccccc1. The fourth-order valence-corrected chi connectivity index (χ4v) is 2.12. The number of nitrogens with one attached hydrogen (secondary N) is 3. The molecule has 0 aromatic heterocycles. The van der Waals surface area contributed by atoms with E-state index in [9.17, 15) is 4.79 Å². The van der Waals surface area contributed by atoms with E-state index in [1.807, 2.05) is 67.6 Å². The first-order chi connectivity index (χ1) is 11.2. The van der Waals surface area contributed by atoms with Gasteiger partial charge in [-0.25, -0.2) is 0 Å². The van der Waals surface area contributed by atoms with Crippen molar-refractivity contribution in [2.45, 2.75) is 13.0 Å². The number of guanidine groups is 1. The Labute approximate surface area is 136 Å². The topological polar surface area (TPSA) is 65.5 Å². The van der Waals surface area contributed by atoms with Crippen LogP contribution in [0.5, 0.6) is 0 Å². The fourth-order valence-electron chi connectivity index (χ4n) is 2.12. The van der Waals surface area contributed by atoms with Gasteiger partial charge in [-0.05, 0) is 24.6 Å². The number of benzene rings is 2. The normalized spacial score (nSPS) is 12.3. The van der Waals surface area contributed by atoms with Crippen LogP contribution < -0.4 is 16.0 Å². The van der Waals surface area contributed by atoms with Crippen LogP contribution in [0.15, 0.2) is 65.7 Å². The first kappa shape index (κ1) is 16.5. The number of carbonyl (C=O) groups excluding carboxylic acids is 1. The fraction of sp³-hybridized carbons (Fsp3) is 0.222. The Morgan fingerprint density at radius 3 is 2.26 bits per heavy atom. The molecule has 0 saturated heterocycles. The Morgan fingerprint density at radius 2 is 1.65 bits per heavy atom. The maximum atomic E-state index is 11.9. The predicted octanol–water partition coefficient (Wildman–Crippen LogP) is 2.55. The molecule has 1 unspecified atom stereocenters. The molecule has 0 fully saturated rings. The summed E-state index contributed by atoms with van der Waals surface area (Å²) in [4.78, 5) is 16.1. The molecule has 0 aliphatic heterocycles. The third-order valence-corrected chi connectivity index (χ3v) is 3.35. The highest BCUT2D eigenvalue weighted by atomic mass is 16.1. The van der Waals surface area contributed by atoms with Crippen molar-refractivity contribution in [2.75, 3.05) is 18.9 Å². The van der Waals surface area contributed by atoms with Crippen molar-refractivity contribution >= 4 is 17.6 Å². The van der Waals surface area contributed by atoms with Crippen molar-refractivity contribution in [1.82, 2.24) is 10.6 Å².